The van der Waals surface area contributed by atoms with Crippen LogP contribution in [0.5, 0.6) is 0 Å². The molecule has 1 N–H and O–H groups in total. The van der Waals surface area contributed by atoms with E-state index in [9.17, 15) is 4.79 Å². The maximum Gasteiger partial charge on any atom is 0.317 e. The Kier molecular flexibility index (Phi) is 6.51. The number of carbonyl (C=O) groups is 1. The number of aromatic nitrogens is 2. The highest BCUT2D eigenvalue weighted by molar-refractivity contribution is 5.69. The molecule has 0 saturated carbocycles. The molecule has 2 rings (SSSR count). The topological polar surface area (TPSA) is 69.6 Å². The van der Waals surface area contributed by atoms with Gasteiger partial charge < -0.3 is 10.0 Å². The monoisotopic (exact) mass is 376 g/mol. The lowest BCUT2D eigenvalue weighted by Crippen LogP contribution is -2.47. The fourth-order valence-electron chi connectivity index (χ4n) is 3.45. The van der Waals surface area contributed by atoms with Gasteiger partial charge in [0.1, 0.15) is 11.6 Å². The molecule has 1 saturated heterocycles. The van der Waals surface area contributed by atoms with Gasteiger partial charge in [-0.15, -0.1) is 0 Å². The zero-order valence-electron chi connectivity index (χ0n) is 18.0. The second-order valence-electron chi connectivity index (χ2n) is 9.61. The van der Waals surface area contributed by atoms with E-state index in [1.807, 2.05) is 6.92 Å². The highest BCUT2D eigenvalue weighted by atomic mass is 16.4. The molecule has 0 aromatic carbocycles. The minimum atomic E-state index is -0.750. The lowest BCUT2D eigenvalue weighted by Gasteiger charge is -2.38. The van der Waals surface area contributed by atoms with Crippen LogP contribution in [0, 0.1) is 0 Å². The van der Waals surface area contributed by atoms with Gasteiger partial charge in [-0.25, -0.2) is 9.97 Å². The number of hydrogen-bond donors (Lipinski definition) is 1. The lowest BCUT2D eigenvalue weighted by atomic mass is 9.90. The van der Waals surface area contributed by atoms with Crippen molar-refractivity contribution in [1.82, 2.24) is 14.9 Å². The van der Waals surface area contributed by atoms with Crippen LogP contribution in [0.4, 0.5) is 5.82 Å². The van der Waals surface area contributed by atoms with Crippen LogP contribution in [0.1, 0.15) is 72.8 Å². The number of hydrogen-bond acceptors (Lipinski definition) is 5. The molecule has 1 aromatic heterocycles. The second-order valence-corrected chi connectivity index (χ2v) is 9.61. The number of aliphatic carboxylic acids is 1. The first-order valence-electron chi connectivity index (χ1n) is 10.0. The average Bonchev–Trinajstić information content (AvgIpc) is 2.58. The standard InChI is InChI=1S/C21H36N4O2/c1-8-24(14-18(26)27)15-9-11-25(12-10-15)17-13-16(20(2,3)4)22-19(23-17)21(5,6)7/h13,15H,8-12,14H2,1-7H3,(H,26,27). The number of carboxylic acid groups (broad SMARTS) is 1. The van der Waals surface area contributed by atoms with Crippen molar-refractivity contribution in [2.45, 2.75) is 78.2 Å². The van der Waals surface area contributed by atoms with Crippen LogP contribution in [0.2, 0.25) is 0 Å². The van der Waals surface area contributed by atoms with Crippen LogP contribution < -0.4 is 4.90 Å². The Balaban J connectivity index is 2.21. The van der Waals surface area contributed by atoms with Gasteiger partial charge >= 0.3 is 5.97 Å². The van der Waals surface area contributed by atoms with Crippen LogP contribution in [0.3, 0.4) is 0 Å². The molecule has 0 amide bonds. The first-order valence-corrected chi connectivity index (χ1v) is 10.0. The molecule has 6 heteroatoms. The number of carboxylic acids is 1. The van der Waals surface area contributed by atoms with Gasteiger partial charge in [-0.05, 0) is 19.4 Å². The van der Waals surface area contributed by atoms with E-state index in [1.54, 1.807) is 0 Å². The Morgan fingerprint density at radius 2 is 1.74 bits per heavy atom. The van der Waals surface area contributed by atoms with E-state index in [4.69, 9.17) is 15.1 Å². The second kappa shape index (κ2) is 8.13. The fraction of sp³-hybridized carbons (Fsp3) is 0.762. The number of piperidine rings is 1. The summed E-state index contributed by atoms with van der Waals surface area (Å²) in [5.41, 5.74) is 0.936. The van der Waals surface area contributed by atoms with E-state index < -0.39 is 5.97 Å². The summed E-state index contributed by atoms with van der Waals surface area (Å²) in [5.74, 6) is 1.13. The zero-order chi connectivity index (χ0) is 20.4. The maximum atomic E-state index is 11.1. The Bertz CT molecular complexity index is 621. The van der Waals surface area contributed by atoms with Crippen molar-refractivity contribution in [1.29, 1.82) is 0 Å². The first-order chi connectivity index (χ1) is 12.4. The fourth-order valence-corrected chi connectivity index (χ4v) is 3.45. The number of likely N-dealkylation sites (N-methyl/N-ethyl adjacent to an activating group) is 1. The Hall–Kier alpha value is -1.69. The highest BCUT2D eigenvalue weighted by Gasteiger charge is 2.28. The number of rotatable bonds is 5. The van der Waals surface area contributed by atoms with Gasteiger partial charge in [0.2, 0.25) is 0 Å². The lowest BCUT2D eigenvalue weighted by molar-refractivity contribution is -0.139. The molecular formula is C21H36N4O2. The van der Waals surface area contributed by atoms with E-state index in [-0.39, 0.29) is 17.4 Å². The normalized spacial score (nSPS) is 16.8. The molecule has 0 bridgehead atoms. The SMILES string of the molecule is CCN(CC(=O)O)C1CCN(c2cc(C(C)(C)C)nc(C(C)(C)C)n2)CC1. The molecule has 1 aromatic rings. The highest BCUT2D eigenvalue weighted by Crippen LogP contribution is 2.29. The number of anilines is 1. The van der Waals surface area contributed by atoms with Gasteiger partial charge in [-0.3, -0.25) is 9.69 Å². The Morgan fingerprint density at radius 1 is 1.15 bits per heavy atom. The molecule has 152 valence electrons. The Labute approximate surface area is 164 Å². The molecule has 0 atom stereocenters. The van der Waals surface area contributed by atoms with E-state index in [2.05, 4.69) is 57.4 Å². The smallest absolute Gasteiger partial charge is 0.317 e. The predicted octanol–water partition coefficient (Wildman–Crippen LogP) is 3.45. The van der Waals surface area contributed by atoms with Crippen molar-refractivity contribution >= 4 is 11.8 Å². The summed E-state index contributed by atoms with van der Waals surface area (Å²) in [7, 11) is 0. The average molecular weight is 377 g/mol. The first kappa shape index (κ1) is 21.6. The van der Waals surface area contributed by atoms with E-state index in [1.165, 1.54) is 0 Å². The van der Waals surface area contributed by atoms with Gasteiger partial charge in [0.25, 0.3) is 0 Å². The molecule has 0 radical (unpaired) electrons. The molecule has 2 heterocycles. The van der Waals surface area contributed by atoms with Crippen LogP contribution >= 0.6 is 0 Å². The van der Waals surface area contributed by atoms with Crippen molar-refractivity contribution in [3.05, 3.63) is 17.6 Å². The van der Waals surface area contributed by atoms with Gasteiger partial charge in [-0.2, -0.15) is 0 Å². The van der Waals surface area contributed by atoms with E-state index in [0.29, 0.717) is 6.04 Å². The minimum absolute atomic E-state index is 0.0312. The third-order valence-corrected chi connectivity index (χ3v) is 5.20. The molecule has 0 unspecified atom stereocenters. The van der Waals surface area contributed by atoms with Gasteiger partial charge in [0.15, 0.2) is 0 Å². The maximum absolute atomic E-state index is 11.1. The van der Waals surface area contributed by atoms with Crippen molar-refractivity contribution in [2.75, 3.05) is 31.1 Å². The van der Waals surface area contributed by atoms with Crippen molar-refractivity contribution < 1.29 is 9.90 Å². The van der Waals surface area contributed by atoms with Gasteiger partial charge in [-0.1, -0.05) is 48.5 Å². The van der Waals surface area contributed by atoms with Crippen LogP contribution in [0.15, 0.2) is 6.07 Å². The largest absolute Gasteiger partial charge is 0.480 e. The summed E-state index contributed by atoms with van der Waals surface area (Å²) in [6.45, 7) is 17.7. The third-order valence-electron chi connectivity index (χ3n) is 5.20. The van der Waals surface area contributed by atoms with Gasteiger partial charge in [0, 0.05) is 36.0 Å². The molecule has 1 aliphatic rings. The minimum Gasteiger partial charge on any atom is -0.480 e. The van der Waals surface area contributed by atoms with Crippen molar-refractivity contribution in [3.8, 4) is 0 Å². The number of nitrogens with zero attached hydrogens (tertiary/aromatic N) is 4. The molecule has 27 heavy (non-hydrogen) atoms. The third kappa shape index (κ3) is 5.64. The summed E-state index contributed by atoms with van der Waals surface area (Å²) < 4.78 is 0. The molecule has 1 fully saturated rings. The van der Waals surface area contributed by atoms with Crippen molar-refractivity contribution in [3.63, 3.8) is 0 Å². The molecule has 0 spiro atoms. The van der Waals surface area contributed by atoms with E-state index >= 15 is 0 Å². The molecule has 1 aliphatic heterocycles. The quantitative estimate of drug-likeness (QED) is 0.849. The van der Waals surface area contributed by atoms with Crippen molar-refractivity contribution in [2.24, 2.45) is 0 Å². The summed E-state index contributed by atoms with van der Waals surface area (Å²) >= 11 is 0. The van der Waals surface area contributed by atoms with Crippen LogP contribution in [-0.2, 0) is 15.6 Å². The molecular weight excluding hydrogens is 340 g/mol. The molecule has 6 nitrogen and oxygen atoms in total. The Morgan fingerprint density at radius 3 is 2.19 bits per heavy atom. The van der Waals surface area contributed by atoms with E-state index in [0.717, 1.165) is 49.8 Å². The van der Waals surface area contributed by atoms with Crippen LogP contribution in [0.25, 0.3) is 0 Å². The summed E-state index contributed by atoms with van der Waals surface area (Å²) in [6.07, 6.45) is 1.92. The molecule has 0 aliphatic carbocycles. The summed E-state index contributed by atoms with van der Waals surface area (Å²) in [5, 5.41) is 9.12. The van der Waals surface area contributed by atoms with Crippen LogP contribution in [-0.4, -0.2) is 58.2 Å². The summed E-state index contributed by atoms with van der Waals surface area (Å²) in [6, 6.07) is 2.46. The summed E-state index contributed by atoms with van der Waals surface area (Å²) in [4.78, 5) is 25.2. The zero-order valence-corrected chi connectivity index (χ0v) is 18.0. The predicted molar refractivity (Wildman–Crippen MR) is 110 cm³/mol. The van der Waals surface area contributed by atoms with Gasteiger partial charge in [0.05, 0.1) is 12.2 Å².